The molecule has 3 aromatic rings. The Kier molecular flexibility index (Phi) is 5.06. The molecule has 2 aromatic heterocycles. The molecule has 9 nitrogen and oxygen atoms in total. The summed E-state index contributed by atoms with van der Waals surface area (Å²) < 4.78 is 32.4. The van der Waals surface area contributed by atoms with Crippen LogP contribution in [0.4, 0.5) is 11.4 Å². The monoisotopic (exact) mass is 407 g/mol. The Labute approximate surface area is 157 Å². The number of nitrogens with zero attached hydrogens (tertiary/aromatic N) is 2. The third-order valence-electron chi connectivity index (χ3n) is 3.63. The smallest absolute Gasteiger partial charge is 0.350 e. The molecule has 0 spiro atoms. The van der Waals surface area contributed by atoms with Crippen molar-refractivity contribution < 1.29 is 22.9 Å². The van der Waals surface area contributed by atoms with Crippen LogP contribution >= 0.6 is 11.3 Å². The van der Waals surface area contributed by atoms with Gasteiger partial charge in [-0.15, -0.1) is 11.3 Å². The summed E-state index contributed by atoms with van der Waals surface area (Å²) in [4.78, 5) is 27.1. The van der Waals surface area contributed by atoms with E-state index in [0.29, 0.717) is 10.2 Å². The number of hydrogen-bond acceptors (Lipinski definition) is 8. The van der Waals surface area contributed by atoms with E-state index in [4.69, 9.17) is 4.74 Å². The van der Waals surface area contributed by atoms with Crippen LogP contribution in [0.2, 0.25) is 0 Å². The number of carbonyl (C=O) groups is 1. The van der Waals surface area contributed by atoms with E-state index in [1.165, 1.54) is 37.6 Å². The number of para-hydroxylation sites is 1. The molecule has 1 aromatic carbocycles. The number of sulfonamides is 1. The molecular weight excluding hydrogens is 394 g/mol. The molecule has 0 radical (unpaired) electrons. The zero-order valence-electron chi connectivity index (χ0n) is 13.9. The average molecular weight is 407 g/mol. The Morgan fingerprint density at radius 3 is 2.74 bits per heavy atom. The largest absolute Gasteiger partial charge is 0.465 e. The number of rotatable bonds is 6. The molecule has 0 amide bonds. The molecule has 0 unspecified atom stereocenters. The van der Waals surface area contributed by atoms with Gasteiger partial charge < -0.3 is 4.74 Å². The molecule has 0 atom stereocenters. The van der Waals surface area contributed by atoms with Crippen molar-refractivity contribution in [3.8, 4) is 0 Å². The van der Waals surface area contributed by atoms with E-state index in [0.717, 1.165) is 11.3 Å². The summed E-state index contributed by atoms with van der Waals surface area (Å²) in [6, 6.07) is 8.79. The number of pyridine rings is 1. The second-order valence-corrected chi connectivity index (χ2v) is 8.12. The standard InChI is InChI=1S/C16H13N3O6S2/c1-25-16(20)14-13(11-6-4-8-17-15(11)26-14)18-27(23,24)9-10-5-2-3-7-12(10)19(21)22/h2-8,18H,9H2,1H3. The first-order valence-electron chi connectivity index (χ1n) is 7.51. The minimum atomic E-state index is -4.05. The lowest BCUT2D eigenvalue weighted by molar-refractivity contribution is -0.385. The molecule has 1 N–H and O–H groups in total. The number of nitro groups is 1. The number of nitro benzene ring substituents is 1. The van der Waals surface area contributed by atoms with Crippen molar-refractivity contribution in [2.24, 2.45) is 0 Å². The molecule has 0 aliphatic rings. The lowest BCUT2D eigenvalue weighted by Gasteiger charge is -2.09. The zero-order chi connectivity index (χ0) is 19.6. The number of carbonyl (C=O) groups excluding carboxylic acids is 1. The summed E-state index contributed by atoms with van der Waals surface area (Å²) in [5.74, 6) is -1.33. The van der Waals surface area contributed by atoms with Crippen molar-refractivity contribution in [3.63, 3.8) is 0 Å². The number of aromatic nitrogens is 1. The molecule has 0 saturated carbocycles. The highest BCUT2D eigenvalue weighted by Gasteiger charge is 2.25. The number of fused-ring (bicyclic) bond motifs is 1. The molecule has 27 heavy (non-hydrogen) atoms. The van der Waals surface area contributed by atoms with E-state index in [-0.39, 0.29) is 21.8 Å². The summed E-state index contributed by atoms with van der Waals surface area (Å²) in [5, 5.41) is 11.5. The van der Waals surface area contributed by atoms with Gasteiger partial charge in [-0.2, -0.15) is 0 Å². The van der Waals surface area contributed by atoms with Crippen molar-refractivity contribution in [1.29, 1.82) is 0 Å². The van der Waals surface area contributed by atoms with Gasteiger partial charge in [0.2, 0.25) is 10.0 Å². The number of anilines is 1. The lowest BCUT2D eigenvalue weighted by atomic mass is 10.2. The summed E-state index contributed by atoms with van der Waals surface area (Å²) >= 11 is 0.991. The van der Waals surface area contributed by atoms with Crippen LogP contribution < -0.4 is 4.72 Å². The minimum absolute atomic E-state index is 0.0345. The number of benzene rings is 1. The molecule has 2 heterocycles. The number of ether oxygens (including phenoxy) is 1. The second-order valence-electron chi connectivity index (χ2n) is 5.40. The van der Waals surface area contributed by atoms with Crippen LogP contribution in [0.1, 0.15) is 15.2 Å². The zero-order valence-corrected chi connectivity index (χ0v) is 15.5. The molecule has 3 rings (SSSR count). The number of thiophene rings is 1. The van der Waals surface area contributed by atoms with Crippen LogP contribution in [0.3, 0.4) is 0 Å². The summed E-state index contributed by atoms with van der Waals surface area (Å²) in [5.41, 5.74) is -0.214. The molecule has 0 aliphatic heterocycles. The Bertz CT molecular complexity index is 1140. The highest BCUT2D eigenvalue weighted by Crippen LogP contribution is 2.36. The Hall–Kier alpha value is -3.05. The van der Waals surface area contributed by atoms with Gasteiger partial charge in [-0.05, 0) is 12.1 Å². The first-order chi connectivity index (χ1) is 12.8. The maximum absolute atomic E-state index is 12.6. The quantitative estimate of drug-likeness (QED) is 0.378. The van der Waals surface area contributed by atoms with Gasteiger partial charge in [-0.3, -0.25) is 14.8 Å². The van der Waals surface area contributed by atoms with Gasteiger partial charge >= 0.3 is 5.97 Å². The van der Waals surface area contributed by atoms with E-state index in [1.54, 1.807) is 12.1 Å². The van der Waals surface area contributed by atoms with Gasteiger partial charge in [0.05, 0.1) is 17.7 Å². The molecule has 0 bridgehead atoms. The lowest BCUT2D eigenvalue weighted by Crippen LogP contribution is -2.17. The predicted molar refractivity (Wildman–Crippen MR) is 100 cm³/mol. The van der Waals surface area contributed by atoms with Crippen molar-refractivity contribution in [3.05, 3.63) is 63.1 Å². The van der Waals surface area contributed by atoms with Crippen molar-refractivity contribution in [1.82, 2.24) is 4.98 Å². The van der Waals surface area contributed by atoms with Crippen molar-refractivity contribution in [2.75, 3.05) is 11.8 Å². The first-order valence-corrected chi connectivity index (χ1v) is 9.98. The van der Waals surface area contributed by atoms with E-state index < -0.39 is 26.7 Å². The molecule has 0 saturated heterocycles. The third-order valence-corrected chi connectivity index (χ3v) is 5.93. The highest BCUT2D eigenvalue weighted by molar-refractivity contribution is 7.92. The van der Waals surface area contributed by atoms with Crippen LogP contribution in [0.25, 0.3) is 10.2 Å². The molecular formula is C16H13N3O6S2. The van der Waals surface area contributed by atoms with E-state index in [1.807, 2.05) is 0 Å². The topological polar surface area (TPSA) is 128 Å². The number of nitrogens with one attached hydrogen (secondary N) is 1. The summed E-state index contributed by atoms with van der Waals surface area (Å²) in [6.07, 6.45) is 1.52. The first kappa shape index (κ1) is 18.7. The number of methoxy groups -OCH3 is 1. The minimum Gasteiger partial charge on any atom is -0.465 e. The Morgan fingerprint density at radius 2 is 2.04 bits per heavy atom. The normalized spacial score (nSPS) is 11.3. The highest BCUT2D eigenvalue weighted by atomic mass is 32.2. The average Bonchev–Trinajstić information content (AvgIpc) is 2.99. The maximum Gasteiger partial charge on any atom is 0.350 e. The fourth-order valence-electron chi connectivity index (χ4n) is 2.48. The van der Waals surface area contributed by atoms with E-state index >= 15 is 0 Å². The van der Waals surface area contributed by atoms with E-state index in [9.17, 15) is 23.3 Å². The number of esters is 1. The Morgan fingerprint density at radius 1 is 1.30 bits per heavy atom. The van der Waals surface area contributed by atoms with Crippen LogP contribution in [0.5, 0.6) is 0 Å². The van der Waals surface area contributed by atoms with Crippen LogP contribution in [-0.2, 0) is 20.5 Å². The number of hydrogen-bond donors (Lipinski definition) is 1. The van der Waals surface area contributed by atoms with Gasteiger partial charge in [-0.25, -0.2) is 18.2 Å². The fraction of sp³-hybridized carbons (Fsp3) is 0.125. The fourth-order valence-corrected chi connectivity index (χ4v) is 4.81. The van der Waals surface area contributed by atoms with Gasteiger partial charge in [-0.1, -0.05) is 18.2 Å². The van der Waals surface area contributed by atoms with Crippen LogP contribution in [0, 0.1) is 10.1 Å². The summed E-state index contributed by atoms with van der Waals surface area (Å²) in [7, 11) is -2.87. The van der Waals surface area contributed by atoms with Crippen molar-refractivity contribution >= 4 is 48.9 Å². The Balaban J connectivity index is 2.02. The maximum atomic E-state index is 12.6. The van der Waals surface area contributed by atoms with Crippen LogP contribution in [-0.4, -0.2) is 31.4 Å². The predicted octanol–water partition coefficient (Wildman–Crippen LogP) is 2.93. The van der Waals surface area contributed by atoms with Gasteiger partial charge in [0.1, 0.15) is 15.5 Å². The summed E-state index contributed by atoms with van der Waals surface area (Å²) in [6.45, 7) is 0. The van der Waals surface area contributed by atoms with Gasteiger partial charge in [0.25, 0.3) is 5.69 Å². The second kappa shape index (κ2) is 7.29. The van der Waals surface area contributed by atoms with Crippen LogP contribution in [0.15, 0.2) is 42.6 Å². The molecule has 0 fully saturated rings. The van der Waals surface area contributed by atoms with Crippen molar-refractivity contribution in [2.45, 2.75) is 5.75 Å². The molecule has 140 valence electrons. The van der Waals surface area contributed by atoms with Gasteiger partial charge in [0.15, 0.2) is 0 Å². The van der Waals surface area contributed by atoms with E-state index in [2.05, 4.69) is 9.71 Å². The SMILES string of the molecule is COC(=O)c1sc2ncccc2c1NS(=O)(=O)Cc1ccccc1[N+](=O)[O-]. The molecule has 11 heteroatoms. The third kappa shape index (κ3) is 3.88. The molecule has 0 aliphatic carbocycles. The van der Waals surface area contributed by atoms with Gasteiger partial charge in [0, 0.05) is 23.2 Å².